The maximum Gasteiger partial charge on any atom is 0.189 e. The molecule has 190 valence electrons. The predicted molar refractivity (Wildman–Crippen MR) is 158 cm³/mol. The fraction of sp³-hybridized carbons (Fsp3) is 0.286. The van der Waals surface area contributed by atoms with Crippen LogP contribution in [0.3, 0.4) is 0 Å². The molecule has 6 nitrogen and oxygen atoms in total. The van der Waals surface area contributed by atoms with Gasteiger partial charge in [0, 0.05) is 42.6 Å². The highest BCUT2D eigenvalue weighted by molar-refractivity contribution is 14.1. The maximum atomic E-state index is 10.5. The van der Waals surface area contributed by atoms with E-state index in [4.69, 9.17) is 18.9 Å². The number of aliphatic hydroxyl groups excluding tert-OH is 2. The first kappa shape index (κ1) is 27.3. The van der Waals surface area contributed by atoms with Gasteiger partial charge < -0.3 is 29.2 Å². The van der Waals surface area contributed by atoms with Gasteiger partial charge in [0.25, 0.3) is 0 Å². The standard InChI is InChI=1S/C28H28I2O6/c1-3-33-15-35-27-23(11-17-9-19(29)5-7-21(17)25(27)13-31)24-12-18-10-20(30)6-8-22(18)26(14-32)28(24)36-16-34-4-2/h5-12,31-32H,3-4,13-16H2,1-2H3. The quantitative estimate of drug-likeness (QED) is 0.104. The first-order valence-electron chi connectivity index (χ1n) is 11.7. The molecule has 0 saturated carbocycles. The number of rotatable bonds is 11. The number of aliphatic hydroxyl groups is 2. The van der Waals surface area contributed by atoms with Gasteiger partial charge in [-0.25, -0.2) is 0 Å². The van der Waals surface area contributed by atoms with Gasteiger partial charge in [0.15, 0.2) is 13.6 Å². The number of halogens is 2. The molecule has 0 aromatic heterocycles. The second-order valence-electron chi connectivity index (χ2n) is 8.02. The van der Waals surface area contributed by atoms with Gasteiger partial charge in [-0.2, -0.15) is 0 Å². The normalized spacial score (nSPS) is 11.4. The van der Waals surface area contributed by atoms with Gasteiger partial charge in [0.1, 0.15) is 11.5 Å². The SMILES string of the molecule is CCOCOc1c(-c2cc3cc(I)ccc3c(CO)c2OCOCC)cc2cc(I)ccc2c1CO. The lowest BCUT2D eigenvalue weighted by Crippen LogP contribution is -2.09. The summed E-state index contributed by atoms with van der Waals surface area (Å²) in [5.74, 6) is 1.05. The summed E-state index contributed by atoms with van der Waals surface area (Å²) in [5, 5.41) is 24.6. The topological polar surface area (TPSA) is 77.4 Å². The van der Waals surface area contributed by atoms with Crippen LogP contribution in [0.5, 0.6) is 11.5 Å². The molecule has 4 aromatic rings. The zero-order chi connectivity index (χ0) is 25.7. The third-order valence-corrected chi connectivity index (χ3v) is 7.24. The molecule has 0 fully saturated rings. The van der Waals surface area contributed by atoms with E-state index in [1.54, 1.807) is 0 Å². The molecule has 0 aliphatic rings. The molecule has 4 aromatic carbocycles. The Balaban J connectivity index is 2.07. The van der Waals surface area contributed by atoms with E-state index in [-0.39, 0.29) is 26.8 Å². The van der Waals surface area contributed by atoms with Gasteiger partial charge in [-0.1, -0.05) is 12.1 Å². The Hall–Kier alpha value is -1.70. The number of hydrogen-bond donors (Lipinski definition) is 2. The van der Waals surface area contributed by atoms with Crippen LogP contribution in [0.2, 0.25) is 0 Å². The van der Waals surface area contributed by atoms with E-state index in [1.807, 2.05) is 50.2 Å². The second kappa shape index (κ2) is 12.7. The van der Waals surface area contributed by atoms with Crippen molar-refractivity contribution in [1.82, 2.24) is 0 Å². The zero-order valence-electron chi connectivity index (χ0n) is 20.1. The summed E-state index contributed by atoms with van der Waals surface area (Å²) in [7, 11) is 0. The average Bonchev–Trinajstić information content (AvgIpc) is 2.87. The minimum atomic E-state index is -0.208. The Labute approximate surface area is 237 Å². The molecule has 0 amide bonds. The summed E-state index contributed by atoms with van der Waals surface area (Å²) in [5.41, 5.74) is 2.83. The first-order valence-corrected chi connectivity index (χ1v) is 13.8. The van der Waals surface area contributed by atoms with Crippen molar-refractivity contribution in [3.8, 4) is 22.6 Å². The van der Waals surface area contributed by atoms with Gasteiger partial charge in [-0.15, -0.1) is 0 Å². The maximum absolute atomic E-state index is 10.5. The van der Waals surface area contributed by atoms with Crippen molar-refractivity contribution >= 4 is 66.7 Å². The minimum Gasteiger partial charge on any atom is -0.466 e. The highest BCUT2D eigenvalue weighted by Crippen LogP contribution is 2.46. The average molecular weight is 714 g/mol. The molecule has 0 saturated heterocycles. The third kappa shape index (κ3) is 5.73. The van der Waals surface area contributed by atoms with Crippen LogP contribution < -0.4 is 9.47 Å². The molecular formula is C28H28I2O6. The lowest BCUT2D eigenvalue weighted by molar-refractivity contribution is 0.0203. The molecule has 0 heterocycles. The molecule has 4 rings (SSSR count). The lowest BCUT2D eigenvalue weighted by atomic mass is 9.91. The molecule has 2 N–H and O–H groups in total. The fourth-order valence-electron chi connectivity index (χ4n) is 4.28. The van der Waals surface area contributed by atoms with Crippen molar-refractivity contribution in [2.45, 2.75) is 27.1 Å². The van der Waals surface area contributed by atoms with E-state index in [2.05, 4.69) is 57.3 Å². The lowest BCUT2D eigenvalue weighted by Gasteiger charge is -2.22. The Morgan fingerprint density at radius 2 is 1.06 bits per heavy atom. The van der Waals surface area contributed by atoms with Gasteiger partial charge >= 0.3 is 0 Å². The van der Waals surface area contributed by atoms with Crippen molar-refractivity contribution in [2.75, 3.05) is 26.8 Å². The van der Waals surface area contributed by atoms with Crippen LogP contribution in [-0.2, 0) is 22.7 Å². The molecule has 8 heteroatoms. The van der Waals surface area contributed by atoms with Crippen LogP contribution in [-0.4, -0.2) is 37.0 Å². The van der Waals surface area contributed by atoms with Crippen molar-refractivity contribution in [2.24, 2.45) is 0 Å². The highest BCUT2D eigenvalue weighted by Gasteiger charge is 2.23. The largest absolute Gasteiger partial charge is 0.466 e. The van der Waals surface area contributed by atoms with Crippen LogP contribution in [0, 0.1) is 7.14 Å². The Kier molecular flexibility index (Phi) is 9.65. The number of hydrogen-bond acceptors (Lipinski definition) is 6. The van der Waals surface area contributed by atoms with Crippen molar-refractivity contribution < 1.29 is 29.2 Å². The Morgan fingerprint density at radius 1 is 0.639 bits per heavy atom. The third-order valence-electron chi connectivity index (χ3n) is 5.90. The van der Waals surface area contributed by atoms with Gasteiger partial charge in [-0.3, -0.25) is 0 Å². The zero-order valence-corrected chi connectivity index (χ0v) is 24.5. The van der Waals surface area contributed by atoms with Crippen molar-refractivity contribution in [1.29, 1.82) is 0 Å². The minimum absolute atomic E-state index is 0.0415. The summed E-state index contributed by atoms with van der Waals surface area (Å²) in [6.07, 6.45) is 0. The predicted octanol–water partition coefficient (Wildman–Crippen LogP) is 6.60. The van der Waals surface area contributed by atoms with E-state index in [0.29, 0.717) is 35.8 Å². The van der Waals surface area contributed by atoms with Crippen LogP contribution in [0.25, 0.3) is 32.7 Å². The number of fused-ring (bicyclic) bond motifs is 2. The highest BCUT2D eigenvalue weighted by atomic mass is 127. The van der Waals surface area contributed by atoms with Crippen LogP contribution in [0.1, 0.15) is 25.0 Å². The molecule has 0 spiro atoms. The molecule has 0 radical (unpaired) electrons. The summed E-state index contributed by atoms with van der Waals surface area (Å²) in [6.45, 7) is 4.47. The molecule has 36 heavy (non-hydrogen) atoms. The van der Waals surface area contributed by atoms with Gasteiger partial charge in [-0.05, 0) is 117 Å². The van der Waals surface area contributed by atoms with E-state index >= 15 is 0 Å². The Bertz CT molecular complexity index is 1270. The van der Waals surface area contributed by atoms with Gasteiger partial charge in [0.05, 0.1) is 13.2 Å². The second-order valence-corrected chi connectivity index (χ2v) is 10.5. The van der Waals surface area contributed by atoms with E-state index in [9.17, 15) is 10.2 Å². The van der Waals surface area contributed by atoms with Crippen LogP contribution in [0.15, 0.2) is 48.5 Å². The van der Waals surface area contributed by atoms with E-state index < -0.39 is 0 Å². The fourth-order valence-corrected chi connectivity index (χ4v) is 5.31. The number of benzene rings is 4. The Morgan fingerprint density at radius 3 is 1.42 bits per heavy atom. The van der Waals surface area contributed by atoms with Crippen molar-refractivity contribution in [3.05, 3.63) is 66.8 Å². The molecule has 0 atom stereocenters. The monoisotopic (exact) mass is 714 g/mol. The molecule has 0 bridgehead atoms. The van der Waals surface area contributed by atoms with E-state index in [0.717, 1.165) is 39.8 Å². The first-order chi connectivity index (χ1) is 17.5. The van der Waals surface area contributed by atoms with E-state index in [1.165, 1.54) is 0 Å². The van der Waals surface area contributed by atoms with Crippen molar-refractivity contribution in [3.63, 3.8) is 0 Å². The number of ether oxygens (including phenoxy) is 4. The summed E-state index contributed by atoms with van der Waals surface area (Å²) < 4.78 is 25.5. The summed E-state index contributed by atoms with van der Waals surface area (Å²) in [6, 6.07) is 16.2. The van der Waals surface area contributed by atoms with Crippen LogP contribution >= 0.6 is 45.2 Å². The molecule has 0 unspecified atom stereocenters. The van der Waals surface area contributed by atoms with Crippen LogP contribution in [0.4, 0.5) is 0 Å². The summed E-state index contributed by atoms with van der Waals surface area (Å²) >= 11 is 4.56. The smallest absolute Gasteiger partial charge is 0.189 e. The molecular weight excluding hydrogens is 686 g/mol. The summed E-state index contributed by atoms with van der Waals surface area (Å²) in [4.78, 5) is 0. The van der Waals surface area contributed by atoms with Gasteiger partial charge in [0.2, 0.25) is 0 Å². The molecule has 0 aliphatic heterocycles. The molecule has 0 aliphatic carbocycles.